The summed E-state index contributed by atoms with van der Waals surface area (Å²) in [6, 6.07) is -2.66. The Hall–Kier alpha value is -1.71. The number of aliphatic hydroxyl groups excluding tert-OH is 1. The van der Waals surface area contributed by atoms with E-state index < -0.39 is 30.1 Å². The topological polar surface area (TPSA) is 154 Å². The number of aliphatic hydroxyl groups is 1. The average molecular weight is 344 g/mol. The third kappa shape index (κ3) is 6.42. The number of carboxylic acid groups (broad SMARTS) is 1. The fourth-order valence-corrected chi connectivity index (χ4v) is 2.58. The summed E-state index contributed by atoms with van der Waals surface area (Å²) in [5.41, 5.74) is 5.37. The molecule has 0 saturated carbocycles. The number of carbonyl (C=O) groups excluding carboxylic acids is 2. The van der Waals surface area contributed by atoms with Crippen molar-refractivity contribution in [3.8, 4) is 0 Å². The molecular weight excluding hydrogens is 316 g/mol. The van der Waals surface area contributed by atoms with Crippen molar-refractivity contribution in [1.82, 2.24) is 16.0 Å². The van der Waals surface area contributed by atoms with Crippen molar-refractivity contribution in [2.45, 2.75) is 63.3 Å². The standard InChI is InChI=1S/C15H28N4O5/c1-9(20)12(19-13(21)10-6-4-8-17-10)14(22)18-11(15(23)24)5-2-3-7-16/h9-12,17,20H,2-8,16H2,1H3,(H,18,22)(H,19,21)(H,23,24). The Bertz CT molecular complexity index is 438. The molecule has 1 aliphatic rings. The molecule has 9 heteroatoms. The van der Waals surface area contributed by atoms with Gasteiger partial charge >= 0.3 is 5.97 Å². The number of aliphatic carboxylic acids is 1. The summed E-state index contributed by atoms with van der Waals surface area (Å²) in [6.45, 7) is 2.55. The minimum absolute atomic E-state index is 0.239. The smallest absolute Gasteiger partial charge is 0.326 e. The lowest BCUT2D eigenvalue weighted by Gasteiger charge is -2.24. The van der Waals surface area contributed by atoms with Gasteiger partial charge in [-0.05, 0) is 52.1 Å². The highest BCUT2D eigenvalue weighted by Crippen LogP contribution is 2.07. The van der Waals surface area contributed by atoms with Gasteiger partial charge in [-0.2, -0.15) is 0 Å². The Kier molecular flexibility index (Phi) is 8.66. The Morgan fingerprint density at radius 1 is 1.29 bits per heavy atom. The lowest BCUT2D eigenvalue weighted by molar-refractivity contribution is -0.143. The van der Waals surface area contributed by atoms with E-state index in [1.165, 1.54) is 6.92 Å². The third-order valence-corrected chi connectivity index (χ3v) is 4.00. The zero-order chi connectivity index (χ0) is 18.1. The van der Waals surface area contributed by atoms with Crippen LogP contribution in [0.2, 0.25) is 0 Å². The summed E-state index contributed by atoms with van der Waals surface area (Å²) in [4.78, 5) is 35.6. The van der Waals surface area contributed by atoms with Gasteiger partial charge in [-0.25, -0.2) is 4.79 Å². The number of carboxylic acids is 1. The summed E-state index contributed by atoms with van der Waals surface area (Å²) in [7, 11) is 0. The molecule has 0 aromatic rings. The molecule has 1 saturated heterocycles. The van der Waals surface area contributed by atoms with Crippen LogP contribution in [-0.4, -0.2) is 65.3 Å². The number of rotatable bonds is 10. The second-order valence-electron chi connectivity index (χ2n) is 6.06. The van der Waals surface area contributed by atoms with Crippen LogP contribution >= 0.6 is 0 Å². The summed E-state index contributed by atoms with van der Waals surface area (Å²) >= 11 is 0. The van der Waals surface area contributed by atoms with Crippen molar-refractivity contribution < 1.29 is 24.6 Å². The summed E-state index contributed by atoms with van der Waals surface area (Å²) < 4.78 is 0. The van der Waals surface area contributed by atoms with Crippen molar-refractivity contribution in [2.75, 3.05) is 13.1 Å². The minimum Gasteiger partial charge on any atom is -0.480 e. The molecule has 0 aromatic carbocycles. The zero-order valence-electron chi connectivity index (χ0n) is 14.0. The Morgan fingerprint density at radius 2 is 2.00 bits per heavy atom. The summed E-state index contributed by atoms with van der Waals surface area (Å²) in [6.07, 6.45) is 1.84. The molecule has 4 unspecified atom stereocenters. The maximum absolute atomic E-state index is 12.3. The number of unbranched alkanes of at least 4 members (excludes halogenated alkanes) is 1. The van der Waals surface area contributed by atoms with Crippen molar-refractivity contribution in [3.63, 3.8) is 0 Å². The highest BCUT2D eigenvalue weighted by Gasteiger charge is 2.32. The van der Waals surface area contributed by atoms with Gasteiger partial charge in [0, 0.05) is 0 Å². The van der Waals surface area contributed by atoms with Crippen LogP contribution in [0, 0.1) is 0 Å². The first-order valence-electron chi connectivity index (χ1n) is 8.32. The van der Waals surface area contributed by atoms with Crippen molar-refractivity contribution >= 4 is 17.8 Å². The van der Waals surface area contributed by atoms with E-state index in [1.807, 2.05) is 0 Å². The molecule has 7 N–H and O–H groups in total. The number of amides is 2. The van der Waals surface area contributed by atoms with Gasteiger partial charge in [0.2, 0.25) is 11.8 Å². The van der Waals surface area contributed by atoms with Crippen LogP contribution in [0.4, 0.5) is 0 Å². The molecule has 0 aromatic heterocycles. The molecule has 0 aliphatic carbocycles. The Labute approximate surface area is 141 Å². The Morgan fingerprint density at radius 3 is 2.50 bits per heavy atom. The van der Waals surface area contributed by atoms with Crippen molar-refractivity contribution in [1.29, 1.82) is 0 Å². The highest BCUT2D eigenvalue weighted by atomic mass is 16.4. The highest BCUT2D eigenvalue weighted by molar-refractivity contribution is 5.92. The fraction of sp³-hybridized carbons (Fsp3) is 0.800. The number of carbonyl (C=O) groups is 3. The SMILES string of the molecule is CC(O)C(NC(=O)C1CCCN1)C(=O)NC(CCCCN)C(=O)O. The van der Waals surface area contributed by atoms with E-state index in [1.54, 1.807) is 0 Å². The van der Waals surface area contributed by atoms with Gasteiger partial charge in [-0.15, -0.1) is 0 Å². The van der Waals surface area contributed by atoms with Crippen LogP contribution < -0.4 is 21.7 Å². The molecule has 2 amide bonds. The number of nitrogens with one attached hydrogen (secondary N) is 3. The fourth-order valence-electron chi connectivity index (χ4n) is 2.58. The van der Waals surface area contributed by atoms with Gasteiger partial charge in [0.05, 0.1) is 12.1 Å². The van der Waals surface area contributed by atoms with E-state index in [-0.39, 0.29) is 18.4 Å². The molecule has 0 spiro atoms. The maximum Gasteiger partial charge on any atom is 0.326 e. The lowest BCUT2D eigenvalue weighted by Crippen LogP contribution is -2.58. The molecule has 4 atom stereocenters. The Balaban J connectivity index is 2.63. The number of nitrogens with two attached hydrogens (primary N) is 1. The lowest BCUT2D eigenvalue weighted by atomic mass is 10.1. The van der Waals surface area contributed by atoms with Gasteiger partial charge < -0.3 is 31.9 Å². The van der Waals surface area contributed by atoms with E-state index in [9.17, 15) is 24.6 Å². The van der Waals surface area contributed by atoms with E-state index in [4.69, 9.17) is 5.73 Å². The quantitative estimate of drug-likeness (QED) is 0.258. The van der Waals surface area contributed by atoms with Crippen LogP contribution in [0.25, 0.3) is 0 Å². The van der Waals surface area contributed by atoms with Gasteiger partial charge in [-0.1, -0.05) is 0 Å². The van der Waals surface area contributed by atoms with Crippen LogP contribution in [0.5, 0.6) is 0 Å². The summed E-state index contributed by atoms with van der Waals surface area (Å²) in [5.74, 6) is -2.24. The molecule has 9 nitrogen and oxygen atoms in total. The maximum atomic E-state index is 12.3. The zero-order valence-corrected chi connectivity index (χ0v) is 14.0. The van der Waals surface area contributed by atoms with E-state index >= 15 is 0 Å². The van der Waals surface area contributed by atoms with E-state index in [0.29, 0.717) is 25.8 Å². The van der Waals surface area contributed by atoms with Gasteiger partial charge in [0.15, 0.2) is 0 Å². The summed E-state index contributed by atoms with van der Waals surface area (Å²) in [5, 5.41) is 26.8. The second-order valence-corrected chi connectivity index (χ2v) is 6.06. The molecule has 138 valence electrons. The van der Waals surface area contributed by atoms with Crippen molar-refractivity contribution in [3.05, 3.63) is 0 Å². The van der Waals surface area contributed by atoms with E-state index in [0.717, 1.165) is 13.0 Å². The first-order chi connectivity index (χ1) is 11.4. The predicted octanol–water partition coefficient (Wildman–Crippen LogP) is -1.70. The van der Waals surface area contributed by atoms with Crippen LogP contribution in [0.3, 0.4) is 0 Å². The molecule has 1 heterocycles. The predicted molar refractivity (Wildman–Crippen MR) is 87.1 cm³/mol. The molecular formula is C15H28N4O5. The van der Waals surface area contributed by atoms with Crippen LogP contribution in [0.15, 0.2) is 0 Å². The number of hydrogen-bond acceptors (Lipinski definition) is 6. The number of hydrogen-bond donors (Lipinski definition) is 6. The normalized spacial score (nSPS) is 20.9. The van der Waals surface area contributed by atoms with Gasteiger partial charge in [-0.3, -0.25) is 9.59 Å². The molecule has 24 heavy (non-hydrogen) atoms. The molecule has 0 radical (unpaired) electrons. The first kappa shape index (κ1) is 20.3. The van der Waals surface area contributed by atoms with Crippen LogP contribution in [0.1, 0.15) is 39.0 Å². The van der Waals surface area contributed by atoms with Gasteiger partial charge in [0.1, 0.15) is 12.1 Å². The minimum atomic E-state index is -1.20. The first-order valence-corrected chi connectivity index (χ1v) is 8.32. The second kappa shape index (κ2) is 10.2. The monoisotopic (exact) mass is 344 g/mol. The van der Waals surface area contributed by atoms with Crippen LogP contribution in [-0.2, 0) is 14.4 Å². The van der Waals surface area contributed by atoms with E-state index in [2.05, 4.69) is 16.0 Å². The molecule has 1 aliphatic heterocycles. The molecule has 0 bridgehead atoms. The van der Waals surface area contributed by atoms with Crippen molar-refractivity contribution in [2.24, 2.45) is 5.73 Å². The largest absolute Gasteiger partial charge is 0.480 e. The molecule has 1 rings (SSSR count). The average Bonchev–Trinajstić information content (AvgIpc) is 3.05. The molecule has 1 fully saturated rings. The third-order valence-electron chi connectivity index (χ3n) is 4.00. The van der Waals surface area contributed by atoms with Gasteiger partial charge in [0.25, 0.3) is 0 Å².